The molecule has 0 radical (unpaired) electrons. The second-order valence-corrected chi connectivity index (χ2v) is 4.13. The Morgan fingerprint density at radius 2 is 2.24 bits per heavy atom. The van der Waals surface area contributed by atoms with E-state index in [1.807, 2.05) is 0 Å². The van der Waals surface area contributed by atoms with Crippen LogP contribution in [-0.2, 0) is 0 Å². The molecule has 1 rings (SSSR count). The normalized spacial score (nSPS) is 12.0. The number of anilines is 1. The SMILES string of the molecule is CCC(C)CN(C)C(=O)c1cnc(NN)cn1. The van der Waals surface area contributed by atoms with Crippen LogP contribution in [0, 0.1) is 5.92 Å². The third kappa shape index (κ3) is 3.67. The number of nitrogens with one attached hydrogen (secondary N) is 1. The molecule has 94 valence electrons. The molecular formula is C11H19N5O. The molecule has 1 aromatic heterocycles. The minimum Gasteiger partial charge on any atom is -0.340 e. The number of nitrogens with zero attached hydrogens (tertiary/aromatic N) is 3. The quantitative estimate of drug-likeness (QED) is 0.586. The maximum Gasteiger partial charge on any atom is 0.273 e. The van der Waals surface area contributed by atoms with Gasteiger partial charge in [0.2, 0.25) is 0 Å². The first kappa shape index (κ1) is 13.4. The van der Waals surface area contributed by atoms with Crippen LogP contribution in [0.15, 0.2) is 12.4 Å². The molecule has 0 fully saturated rings. The minimum absolute atomic E-state index is 0.124. The first-order chi connectivity index (χ1) is 8.08. The summed E-state index contributed by atoms with van der Waals surface area (Å²) in [6.45, 7) is 4.93. The topological polar surface area (TPSA) is 84.1 Å². The number of hydrogen-bond donors (Lipinski definition) is 2. The van der Waals surface area contributed by atoms with Gasteiger partial charge in [-0.25, -0.2) is 15.8 Å². The van der Waals surface area contributed by atoms with E-state index in [1.165, 1.54) is 12.4 Å². The predicted molar refractivity (Wildman–Crippen MR) is 66.3 cm³/mol. The third-order valence-corrected chi connectivity index (χ3v) is 2.65. The predicted octanol–water partition coefficient (Wildman–Crippen LogP) is 0.880. The van der Waals surface area contributed by atoms with Crippen LogP contribution in [0.4, 0.5) is 5.82 Å². The van der Waals surface area contributed by atoms with Gasteiger partial charge in [-0.3, -0.25) is 4.79 Å². The number of rotatable bonds is 5. The molecule has 0 bridgehead atoms. The average molecular weight is 237 g/mol. The Morgan fingerprint density at radius 1 is 1.53 bits per heavy atom. The van der Waals surface area contributed by atoms with Gasteiger partial charge in [0.25, 0.3) is 5.91 Å². The summed E-state index contributed by atoms with van der Waals surface area (Å²) in [7, 11) is 1.77. The van der Waals surface area contributed by atoms with Gasteiger partial charge in [-0.05, 0) is 5.92 Å². The van der Waals surface area contributed by atoms with E-state index in [0.29, 0.717) is 24.0 Å². The monoisotopic (exact) mass is 237 g/mol. The van der Waals surface area contributed by atoms with Gasteiger partial charge in [0.1, 0.15) is 5.69 Å². The van der Waals surface area contributed by atoms with E-state index < -0.39 is 0 Å². The van der Waals surface area contributed by atoms with E-state index >= 15 is 0 Å². The smallest absolute Gasteiger partial charge is 0.273 e. The van der Waals surface area contributed by atoms with Crippen LogP contribution in [0.5, 0.6) is 0 Å². The largest absolute Gasteiger partial charge is 0.340 e. The number of carbonyl (C=O) groups is 1. The summed E-state index contributed by atoms with van der Waals surface area (Å²) in [6, 6.07) is 0. The molecule has 0 aliphatic carbocycles. The lowest BCUT2D eigenvalue weighted by molar-refractivity contribution is 0.0768. The second-order valence-electron chi connectivity index (χ2n) is 4.13. The average Bonchev–Trinajstić information content (AvgIpc) is 2.37. The fourth-order valence-corrected chi connectivity index (χ4v) is 1.39. The maximum absolute atomic E-state index is 12.0. The number of hydrazine groups is 1. The Bertz CT molecular complexity index is 365. The van der Waals surface area contributed by atoms with Crippen molar-refractivity contribution in [3.8, 4) is 0 Å². The Balaban J connectivity index is 2.67. The molecule has 3 N–H and O–H groups in total. The maximum atomic E-state index is 12.0. The van der Waals surface area contributed by atoms with Crippen molar-refractivity contribution in [1.82, 2.24) is 14.9 Å². The van der Waals surface area contributed by atoms with Crippen molar-refractivity contribution >= 4 is 11.7 Å². The molecule has 0 aromatic carbocycles. The zero-order chi connectivity index (χ0) is 12.8. The number of aromatic nitrogens is 2. The molecule has 0 saturated heterocycles. The fraction of sp³-hybridized carbons (Fsp3) is 0.545. The summed E-state index contributed by atoms with van der Waals surface area (Å²) in [5.41, 5.74) is 2.69. The number of amides is 1. The van der Waals surface area contributed by atoms with Gasteiger partial charge in [0.15, 0.2) is 5.82 Å². The first-order valence-electron chi connectivity index (χ1n) is 5.62. The van der Waals surface area contributed by atoms with Crippen LogP contribution in [0.1, 0.15) is 30.8 Å². The summed E-state index contributed by atoms with van der Waals surface area (Å²) < 4.78 is 0. The molecule has 1 unspecified atom stereocenters. The van der Waals surface area contributed by atoms with Crippen molar-refractivity contribution in [2.75, 3.05) is 19.0 Å². The molecule has 1 amide bonds. The number of hydrogen-bond acceptors (Lipinski definition) is 5. The van der Waals surface area contributed by atoms with E-state index in [9.17, 15) is 4.79 Å². The lowest BCUT2D eigenvalue weighted by atomic mass is 10.1. The van der Waals surface area contributed by atoms with Gasteiger partial charge in [-0.1, -0.05) is 20.3 Å². The zero-order valence-electron chi connectivity index (χ0n) is 10.5. The Hall–Kier alpha value is -1.69. The van der Waals surface area contributed by atoms with Crippen molar-refractivity contribution in [3.63, 3.8) is 0 Å². The van der Waals surface area contributed by atoms with Crippen LogP contribution in [0.2, 0.25) is 0 Å². The Labute approximate surface area is 101 Å². The van der Waals surface area contributed by atoms with Crippen LogP contribution in [0.25, 0.3) is 0 Å². The molecular weight excluding hydrogens is 218 g/mol. The molecule has 0 spiro atoms. The summed E-state index contributed by atoms with van der Waals surface area (Å²) in [5, 5.41) is 0. The molecule has 17 heavy (non-hydrogen) atoms. The zero-order valence-corrected chi connectivity index (χ0v) is 10.5. The third-order valence-electron chi connectivity index (χ3n) is 2.65. The highest BCUT2D eigenvalue weighted by Crippen LogP contribution is 2.06. The van der Waals surface area contributed by atoms with Crippen molar-refractivity contribution in [3.05, 3.63) is 18.1 Å². The van der Waals surface area contributed by atoms with E-state index in [1.54, 1.807) is 11.9 Å². The van der Waals surface area contributed by atoms with Crippen LogP contribution in [-0.4, -0.2) is 34.4 Å². The number of carbonyl (C=O) groups excluding carboxylic acids is 1. The van der Waals surface area contributed by atoms with Gasteiger partial charge in [0, 0.05) is 13.6 Å². The molecule has 1 heterocycles. The molecule has 1 atom stereocenters. The standard InChI is InChI=1S/C11H19N5O/c1-4-8(2)7-16(3)11(17)9-5-14-10(15-12)6-13-9/h5-6,8H,4,7,12H2,1-3H3,(H,14,15). The molecule has 1 aromatic rings. The molecule has 6 nitrogen and oxygen atoms in total. The molecule has 6 heteroatoms. The van der Waals surface area contributed by atoms with Crippen LogP contribution < -0.4 is 11.3 Å². The van der Waals surface area contributed by atoms with Crippen LogP contribution >= 0.6 is 0 Å². The van der Waals surface area contributed by atoms with E-state index in [4.69, 9.17) is 5.84 Å². The highest BCUT2D eigenvalue weighted by molar-refractivity contribution is 5.91. The van der Waals surface area contributed by atoms with Crippen LogP contribution in [0.3, 0.4) is 0 Å². The van der Waals surface area contributed by atoms with E-state index in [-0.39, 0.29) is 5.91 Å². The van der Waals surface area contributed by atoms with Crippen molar-refractivity contribution in [2.45, 2.75) is 20.3 Å². The van der Waals surface area contributed by atoms with Gasteiger partial charge in [-0.15, -0.1) is 0 Å². The highest BCUT2D eigenvalue weighted by atomic mass is 16.2. The van der Waals surface area contributed by atoms with Crippen molar-refractivity contribution in [2.24, 2.45) is 11.8 Å². The van der Waals surface area contributed by atoms with Crippen molar-refractivity contribution < 1.29 is 4.79 Å². The summed E-state index contributed by atoms with van der Waals surface area (Å²) in [4.78, 5) is 21.6. The Morgan fingerprint density at radius 3 is 2.71 bits per heavy atom. The van der Waals surface area contributed by atoms with Gasteiger partial charge in [-0.2, -0.15) is 0 Å². The van der Waals surface area contributed by atoms with Gasteiger partial charge in [0.05, 0.1) is 12.4 Å². The minimum atomic E-state index is -0.124. The second kappa shape index (κ2) is 6.15. The number of nitrogen functional groups attached to an aromatic ring is 1. The van der Waals surface area contributed by atoms with E-state index in [2.05, 4.69) is 29.2 Å². The molecule has 0 aliphatic heterocycles. The Kier molecular flexibility index (Phi) is 4.84. The highest BCUT2D eigenvalue weighted by Gasteiger charge is 2.15. The molecule has 0 saturated carbocycles. The summed E-state index contributed by atoms with van der Waals surface area (Å²) in [6.07, 6.45) is 3.90. The molecule has 0 aliphatic rings. The fourth-order valence-electron chi connectivity index (χ4n) is 1.39. The summed E-state index contributed by atoms with van der Waals surface area (Å²) in [5.74, 6) is 5.96. The van der Waals surface area contributed by atoms with Gasteiger partial charge < -0.3 is 10.3 Å². The summed E-state index contributed by atoms with van der Waals surface area (Å²) >= 11 is 0. The first-order valence-corrected chi connectivity index (χ1v) is 5.62. The number of nitrogens with two attached hydrogens (primary N) is 1. The van der Waals surface area contributed by atoms with Gasteiger partial charge >= 0.3 is 0 Å². The lowest BCUT2D eigenvalue weighted by Gasteiger charge is -2.20. The lowest BCUT2D eigenvalue weighted by Crippen LogP contribution is -2.31. The van der Waals surface area contributed by atoms with E-state index in [0.717, 1.165) is 6.42 Å². The van der Waals surface area contributed by atoms with Crippen molar-refractivity contribution in [1.29, 1.82) is 0 Å².